The van der Waals surface area contributed by atoms with E-state index in [1.54, 1.807) is 0 Å². The lowest BCUT2D eigenvalue weighted by Gasteiger charge is -2.34. The van der Waals surface area contributed by atoms with Crippen LogP contribution in [0.25, 0.3) is 0 Å². The first-order valence-electron chi connectivity index (χ1n) is 14.5. The molecule has 1 N–H and O–H groups in total. The Hall–Kier alpha value is -2.66. The van der Waals surface area contributed by atoms with Crippen LogP contribution in [0.4, 0.5) is 0 Å². The molecule has 2 aromatic rings. The van der Waals surface area contributed by atoms with E-state index >= 15 is 0 Å². The van der Waals surface area contributed by atoms with Crippen LogP contribution < -0.4 is 0 Å². The van der Waals surface area contributed by atoms with Gasteiger partial charge in [-0.1, -0.05) is 100 Å². The minimum absolute atomic E-state index is 0.0789. The summed E-state index contributed by atoms with van der Waals surface area (Å²) in [6.45, 7) is 5.41. The summed E-state index contributed by atoms with van der Waals surface area (Å²) < 4.78 is 10.6. The second-order valence-corrected chi connectivity index (χ2v) is 11.7. The predicted molar refractivity (Wildman–Crippen MR) is 149 cm³/mol. The molecule has 4 unspecified atom stereocenters. The van der Waals surface area contributed by atoms with Crippen molar-refractivity contribution < 1.29 is 24.2 Å². The lowest BCUT2D eigenvalue weighted by atomic mass is 9.68. The van der Waals surface area contributed by atoms with E-state index in [0.29, 0.717) is 13.2 Å². The van der Waals surface area contributed by atoms with Gasteiger partial charge < -0.3 is 14.6 Å². The number of carbonyl (C=O) groups is 2. The average Bonchev–Trinajstić information content (AvgIpc) is 3.58. The van der Waals surface area contributed by atoms with Crippen molar-refractivity contribution in [2.75, 3.05) is 13.2 Å². The van der Waals surface area contributed by atoms with Gasteiger partial charge >= 0.3 is 11.9 Å². The van der Waals surface area contributed by atoms with Crippen LogP contribution in [0.2, 0.25) is 0 Å². The van der Waals surface area contributed by atoms with E-state index in [1.165, 1.54) is 11.1 Å². The first-order valence-corrected chi connectivity index (χ1v) is 14.5. The van der Waals surface area contributed by atoms with E-state index in [2.05, 4.69) is 38.1 Å². The Balaban J connectivity index is 1.24. The molecule has 206 valence electrons. The topological polar surface area (TPSA) is 72.8 Å². The van der Waals surface area contributed by atoms with Gasteiger partial charge in [0.25, 0.3) is 0 Å². The van der Waals surface area contributed by atoms with Crippen LogP contribution in [0.3, 0.4) is 0 Å². The summed E-state index contributed by atoms with van der Waals surface area (Å²) in [7, 11) is 0. The molecule has 5 heteroatoms. The lowest BCUT2D eigenvalue weighted by Crippen LogP contribution is -2.35. The summed E-state index contributed by atoms with van der Waals surface area (Å²) in [5.41, 5.74) is 1.89. The normalized spacial score (nSPS) is 23.3. The van der Waals surface area contributed by atoms with Gasteiger partial charge in [-0.25, -0.2) is 0 Å². The van der Waals surface area contributed by atoms with Crippen LogP contribution in [0, 0.1) is 11.8 Å². The minimum Gasteiger partial charge on any atom is -0.465 e. The molecule has 2 fully saturated rings. The fraction of sp³-hybridized carbons (Fsp3) is 0.576. The molecule has 0 radical (unpaired) electrons. The Morgan fingerprint density at radius 1 is 0.711 bits per heavy atom. The zero-order valence-corrected chi connectivity index (χ0v) is 23.1. The van der Waals surface area contributed by atoms with Gasteiger partial charge in [-0.05, 0) is 49.7 Å². The van der Waals surface area contributed by atoms with E-state index < -0.39 is 0 Å². The lowest BCUT2D eigenvalue weighted by molar-refractivity contribution is -0.144. The zero-order valence-electron chi connectivity index (χ0n) is 23.1. The summed E-state index contributed by atoms with van der Waals surface area (Å²) in [6, 6.07) is 20.6. The van der Waals surface area contributed by atoms with E-state index in [0.717, 1.165) is 64.2 Å². The number of esters is 2. The van der Waals surface area contributed by atoms with Gasteiger partial charge in [-0.3, -0.25) is 9.59 Å². The maximum absolute atomic E-state index is 12.5. The quantitative estimate of drug-likeness (QED) is 0.227. The average molecular weight is 521 g/mol. The third kappa shape index (κ3) is 6.48. The van der Waals surface area contributed by atoms with Crippen molar-refractivity contribution in [2.45, 2.75) is 95.0 Å². The Kier molecular flexibility index (Phi) is 9.64. The summed E-state index contributed by atoms with van der Waals surface area (Å²) in [5.74, 6) is -0.369. The molecule has 2 aliphatic heterocycles. The summed E-state index contributed by atoms with van der Waals surface area (Å²) in [4.78, 5) is 24.9. The number of ether oxygens (including phenoxy) is 2. The Morgan fingerprint density at radius 2 is 1.11 bits per heavy atom. The number of benzene rings is 2. The number of aliphatic hydroxyl groups excluding tert-OH is 1. The fourth-order valence-electron chi connectivity index (χ4n) is 6.71. The molecule has 0 bridgehead atoms. The molecule has 38 heavy (non-hydrogen) atoms. The third-order valence-electron chi connectivity index (χ3n) is 9.24. The largest absolute Gasteiger partial charge is 0.465 e. The van der Waals surface area contributed by atoms with E-state index in [9.17, 15) is 14.7 Å². The van der Waals surface area contributed by atoms with Crippen molar-refractivity contribution in [3.63, 3.8) is 0 Å². The number of aliphatic hydroxyl groups is 1. The second kappa shape index (κ2) is 12.9. The number of unbranched alkanes of at least 4 members (excludes halogenated alkanes) is 2. The highest BCUT2D eigenvalue weighted by molar-refractivity contribution is 5.77. The number of hydrogen-bond donors (Lipinski definition) is 1. The highest BCUT2D eigenvalue weighted by Crippen LogP contribution is 2.43. The highest BCUT2D eigenvalue weighted by atomic mass is 16.5. The number of cyclic esters (lactones) is 2. The summed E-state index contributed by atoms with van der Waals surface area (Å²) in [6.07, 6.45) is 8.34. The Bertz CT molecular complexity index is 954. The smallest absolute Gasteiger partial charge is 0.309 e. The predicted octanol–water partition coefficient (Wildman–Crippen LogP) is 6.51. The van der Waals surface area contributed by atoms with Gasteiger partial charge in [-0.2, -0.15) is 0 Å². The van der Waals surface area contributed by atoms with E-state index in [1.807, 2.05) is 36.4 Å². The maximum Gasteiger partial charge on any atom is 0.309 e. The van der Waals surface area contributed by atoms with Crippen molar-refractivity contribution in [1.82, 2.24) is 0 Å². The van der Waals surface area contributed by atoms with Gasteiger partial charge in [0.05, 0.1) is 31.2 Å². The number of hydrogen-bond acceptors (Lipinski definition) is 5. The van der Waals surface area contributed by atoms with Crippen molar-refractivity contribution in [1.29, 1.82) is 0 Å². The van der Waals surface area contributed by atoms with Crippen LogP contribution in [0.5, 0.6) is 0 Å². The molecule has 5 nitrogen and oxygen atoms in total. The molecular formula is C33H44O5. The molecule has 0 saturated carbocycles. The second-order valence-electron chi connectivity index (χ2n) is 11.7. The number of carbonyl (C=O) groups excluding carboxylic acids is 2. The van der Waals surface area contributed by atoms with Gasteiger partial charge in [-0.15, -0.1) is 0 Å². The molecular weight excluding hydrogens is 476 g/mol. The van der Waals surface area contributed by atoms with E-state index in [-0.39, 0.29) is 40.7 Å². The van der Waals surface area contributed by atoms with Crippen LogP contribution in [-0.2, 0) is 29.9 Å². The van der Waals surface area contributed by atoms with E-state index in [4.69, 9.17) is 9.47 Å². The Labute approximate surface area is 227 Å². The van der Waals surface area contributed by atoms with Gasteiger partial charge in [0.15, 0.2) is 0 Å². The van der Waals surface area contributed by atoms with Gasteiger partial charge in [0.2, 0.25) is 0 Å². The minimum atomic E-state index is -0.325. The summed E-state index contributed by atoms with van der Waals surface area (Å²) >= 11 is 0. The molecule has 2 heterocycles. The van der Waals surface area contributed by atoms with Crippen LogP contribution in [0.1, 0.15) is 89.2 Å². The van der Waals surface area contributed by atoms with Crippen LogP contribution in [-0.4, -0.2) is 36.4 Å². The monoisotopic (exact) mass is 520 g/mol. The third-order valence-corrected chi connectivity index (χ3v) is 9.24. The van der Waals surface area contributed by atoms with Crippen molar-refractivity contribution in [3.8, 4) is 0 Å². The fourth-order valence-corrected chi connectivity index (χ4v) is 6.71. The molecule has 4 atom stereocenters. The van der Waals surface area contributed by atoms with Crippen LogP contribution in [0.15, 0.2) is 60.7 Å². The molecule has 4 rings (SSSR count). The van der Waals surface area contributed by atoms with Crippen molar-refractivity contribution >= 4 is 11.9 Å². The standard InChI is InChI=1S/C33H44O5/c1-32(25-13-5-3-6-14-25,28-19-23-37-30(28)35)21-11-9-17-27(34)18-10-12-22-33(2,26-15-7-4-8-16-26)29-20-24-38-31(29)36/h3-8,13-16,27-29,34H,9-12,17-24H2,1-2H3. The summed E-state index contributed by atoms with van der Waals surface area (Å²) in [5, 5.41) is 10.7. The van der Waals surface area contributed by atoms with Crippen molar-refractivity contribution in [3.05, 3.63) is 71.8 Å². The van der Waals surface area contributed by atoms with Crippen LogP contribution >= 0.6 is 0 Å². The highest BCUT2D eigenvalue weighted by Gasteiger charge is 2.44. The van der Waals surface area contributed by atoms with Gasteiger partial charge in [0.1, 0.15) is 0 Å². The molecule has 0 aliphatic carbocycles. The molecule has 2 saturated heterocycles. The number of rotatable bonds is 14. The first-order chi connectivity index (χ1) is 18.3. The van der Waals surface area contributed by atoms with Gasteiger partial charge in [0, 0.05) is 10.8 Å². The Morgan fingerprint density at radius 3 is 1.45 bits per heavy atom. The molecule has 0 amide bonds. The van der Waals surface area contributed by atoms with Crippen molar-refractivity contribution in [2.24, 2.45) is 11.8 Å². The molecule has 2 aliphatic rings. The maximum atomic E-state index is 12.5. The zero-order chi connectivity index (χ0) is 27.0. The molecule has 0 spiro atoms. The molecule has 2 aromatic carbocycles. The molecule has 0 aromatic heterocycles. The SMILES string of the molecule is CC(CCCCC(O)CCCCC(C)(c1ccccc1)C1CCOC1=O)(c1ccccc1)C1CCOC1=O. The first kappa shape index (κ1) is 28.4.